The molecule has 0 rings (SSSR count). The monoisotopic (exact) mass is 320 g/mol. The molecule has 0 atom stereocenters. The number of carbonyl (C=O) groups excluding carboxylic acids is 2. The van der Waals surface area contributed by atoms with Gasteiger partial charge in [0.15, 0.2) is 0 Å². The largest absolute Gasteiger partial charge is 0.552 e. The molecule has 0 amide bonds. The van der Waals surface area contributed by atoms with Crippen molar-refractivity contribution in [1.82, 2.24) is 0 Å². The zero-order valence-corrected chi connectivity index (χ0v) is 14.1. The Bertz CT molecular complexity index is 406. The summed E-state index contributed by atoms with van der Waals surface area (Å²) in [7, 11) is 0. The SMILES string of the molecule is C=C(OOC(C)(C)C)C(=O)OOC(=O)OC(C)(C)OC(C)C. The molecule has 8 nitrogen and oxygen atoms in total. The Labute approximate surface area is 130 Å². The minimum atomic E-state index is -1.25. The molecule has 0 aromatic rings. The van der Waals surface area contributed by atoms with E-state index in [1.54, 1.807) is 34.6 Å². The lowest BCUT2D eigenvalue weighted by Crippen LogP contribution is -2.34. The molecule has 0 aromatic carbocycles. The summed E-state index contributed by atoms with van der Waals surface area (Å²) in [4.78, 5) is 40.7. The molecule has 0 saturated carbocycles. The molecule has 0 heterocycles. The number of rotatable bonds is 6. The lowest BCUT2D eigenvalue weighted by molar-refractivity contribution is -0.327. The summed E-state index contributed by atoms with van der Waals surface area (Å²) >= 11 is 0. The summed E-state index contributed by atoms with van der Waals surface area (Å²) in [5.74, 6) is -2.86. The van der Waals surface area contributed by atoms with E-state index in [0.717, 1.165) is 0 Å². The van der Waals surface area contributed by atoms with Crippen LogP contribution in [0.2, 0.25) is 0 Å². The van der Waals surface area contributed by atoms with Crippen LogP contribution in [0.3, 0.4) is 0 Å². The van der Waals surface area contributed by atoms with Crippen LogP contribution >= 0.6 is 0 Å². The van der Waals surface area contributed by atoms with Gasteiger partial charge in [-0.1, -0.05) is 0 Å². The van der Waals surface area contributed by atoms with Gasteiger partial charge in [-0.3, -0.25) is 0 Å². The Morgan fingerprint density at radius 2 is 1.50 bits per heavy atom. The van der Waals surface area contributed by atoms with Gasteiger partial charge in [-0.2, -0.15) is 9.68 Å². The van der Waals surface area contributed by atoms with Crippen molar-refractivity contribution < 1.29 is 38.6 Å². The van der Waals surface area contributed by atoms with Gasteiger partial charge in [0.2, 0.25) is 11.5 Å². The van der Waals surface area contributed by atoms with Crippen molar-refractivity contribution in [3.05, 3.63) is 12.3 Å². The second-order valence-corrected chi connectivity index (χ2v) is 6.07. The zero-order chi connectivity index (χ0) is 17.6. The fraction of sp³-hybridized carbons (Fsp3) is 0.714. The Kier molecular flexibility index (Phi) is 7.34. The summed E-state index contributed by atoms with van der Waals surface area (Å²) in [5, 5.41) is 0. The van der Waals surface area contributed by atoms with E-state index in [0.29, 0.717) is 0 Å². The maximum atomic E-state index is 11.4. The summed E-state index contributed by atoms with van der Waals surface area (Å²) < 4.78 is 10.1. The first-order chi connectivity index (χ1) is 9.82. The lowest BCUT2D eigenvalue weighted by atomic mass is 10.2. The molecule has 0 radical (unpaired) electrons. The average Bonchev–Trinajstić information content (AvgIpc) is 2.29. The van der Waals surface area contributed by atoms with Crippen LogP contribution in [0.25, 0.3) is 0 Å². The zero-order valence-electron chi connectivity index (χ0n) is 14.1. The van der Waals surface area contributed by atoms with Gasteiger partial charge in [-0.25, -0.2) is 14.6 Å². The standard InChI is InChI=1S/C14H24O8/c1-9(2)17-14(7,8)18-12(16)21-20-11(15)10(3)19-22-13(4,5)6/h9H,3H2,1-2,4-8H3. The van der Waals surface area contributed by atoms with Crippen molar-refractivity contribution >= 4 is 12.1 Å². The highest BCUT2D eigenvalue weighted by Crippen LogP contribution is 2.15. The van der Waals surface area contributed by atoms with Crippen LogP contribution in [0.5, 0.6) is 0 Å². The second-order valence-electron chi connectivity index (χ2n) is 6.07. The smallest absolute Gasteiger partial charge is 0.400 e. The van der Waals surface area contributed by atoms with Crippen LogP contribution in [-0.2, 0) is 33.8 Å². The van der Waals surface area contributed by atoms with E-state index in [9.17, 15) is 9.59 Å². The predicted octanol–water partition coefficient (Wildman–Crippen LogP) is 3.02. The molecule has 0 saturated heterocycles. The Morgan fingerprint density at radius 1 is 0.955 bits per heavy atom. The fourth-order valence-corrected chi connectivity index (χ4v) is 1.14. The summed E-state index contributed by atoms with van der Waals surface area (Å²) in [6, 6.07) is 0. The summed E-state index contributed by atoms with van der Waals surface area (Å²) in [6.45, 7) is 14.9. The molecule has 0 spiro atoms. The van der Waals surface area contributed by atoms with Crippen LogP contribution in [0.15, 0.2) is 12.3 Å². The fourth-order valence-electron chi connectivity index (χ4n) is 1.14. The molecule has 0 N–H and O–H groups in total. The maximum absolute atomic E-state index is 11.4. The minimum Gasteiger partial charge on any atom is -0.400 e. The van der Waals surface area contributed by atoms with E-state index in [4.69, 9.17) is 14.4 Å². The molecule has 0 aromatic heterocycles. The van der Waals surface area contributed by atoms with Gasteiger partial charge in [0.05, 0.1) is 6.10 Å². The molecule has 0 aliphatic rings. The van der Waals surface area contributed by atoms with E-state index in [1.807, 2.05) is 0 Å². The topological polar surface area (TPSA) is 89.5 Å². The van der Waals surface area contributed by atoms with Crippen LogP contribution < -0.4 is 0 Å². The minimum absolute atomic E-state index is 0.173. The highest BCUT2D eigenvalue weighted by atomic mass is 17.3. The van der Waals surface area contributed by atoms with E-state index >= 15 is 0 Å². The van der Waals surface area contributed by atoms with Crippen LogP contribution in [0.1, 0.15) is 48.5 Å². The van der Waals surface area contributed by atoms with Crippen molar-refractivity contribution in [2.24, 2.45) is 0 Å². The molecular weight excluding hydrogens is 296 g/mol. The van der Waals surface area contributed by atoms with Crippen molar-refractivity contribution in [2.45, 2.75) is 66.0 Å². The molecule has 22 heavy (non-hydrogen) atoms. The van der Waals surface area contributed by atoms with E-state index < -0.39 is 29.3 Å². The number of carbonyl (C=O) groups is 2. The molecule has 0 aliphatic carbocycles. The molecule has 128 valence electrons. The number of ether oxygens (including phenoxy) is 2. The van der Waals surface area contributed by atoms with Gasteiger partial charge >= 0.3 is 12.1 Å². The quantitative estimate of drug-likeness (QED) is 0.184. The summed E-state index contributed by atoms with van der Waals surface area (Å²) in [6.07, 6.45) is -1.42. The third kappa shape index (κ3) is 10.0. The summed E-state index contributed by atoms with van der Waals surface area (Å²) in [5.41, 5.74) is -0.652. The third-order valence-electron chi connectivity index (χ3n) is 1.65. The predicted molar refractivity (Wildman–Crippen MR) is 75.0 cm³/mol. The third-order valence-corrected chi connectivity index (χ3v) is 1.65. The van der Waals surface area contributed by atoms with Gasteiger partial charge in [-0.15, -0.1) is 0 Å². The lowest BCUT2D eigenvalue weighted by Gasteiger charge is -2.26. The Morgan fingerprint density at radius 3 is 1.95 bits per heavy atom. The normalized spacial score (nSPS) is 11.8. The second kappa shape index (κ2) is 8.00. The molecule has 8 heteroatoms. The van der Waals surface area contributed by atoms with Crippen molar-refractivity contribution in [3.63, 3.8) is 0 Å². The number of hydrogen-bond donors (Lipinski definition) is 0. The van der Waals surface area contributed by atoms with E-state index in [1.165, 1.54) is 13.8 Å². The first-order valence-electron chi connectivity index (χ1n) is 6.66. The highest BCUT2D eigenvalue weighted by Gasteiger charge is 2.28. The van der Waals surface area contributed by atoms with E-state index in [-0.39, 0.29) is 6.10 Å². The van der Waals surface area contributed by atoms with Crippen molar-refractivity contribution in [1.29, 1.82) is 0 Å². The van der Waals surface area contributed by atoms with E-state index in [2.05, 4.69) is 21.2 Å². The van der Waals surface area contributed by atoms with Gasteiger partial charge in [0.1, 0.15) is 5.60 Å². The van der Waals surface area contributed by atoms with Gasteiger partial charge in [-0.05, 0) is 41.2 Å². The molecular formula is C14H24O8. The van der Waals surface area contributed by atoms with Gasteiger partial charge in [0.25, 0.3) is 0 Å². The van der Waals surface area contributed by atoms with Crippen LogP contribution in [0.4, 0.5) is 4.79 Å². The highest BCUT2D eigenvalue weighted by molar-refractivity contribution is 5.85. The van der Waals surface area contributed by atoms with Gasteiger partial charge < -0.3 is 14.4 Å². The molecule has 0 fully saturated rings. The Balaban J connectivity index is 4.19. The Hall–Kier alpha value is -1.80. The van der Waals surface area contributed by atoms with Gasteiger partial charge in [0, 0.05) is 13.8 Å². The molecule has 0 aliphatic heterocycles. The maximum Gasteiger partial charge on any atom is 0.552 e. The van der Waals surface area contributed by atoms with Crippen LogP contribution in [-0.4, -0.2) is 29.6 Å². The van der Waals surface area contributed by atoms with Crippen molar-refractivity contribution in [2.75, 3.05) is 0 Å². The van der Waals surface area contributed by atoms with Crippen molar-refractivity contribution in [3.8, 4) is 0 Å². The molecule has 0 bridgehead atoms. The molecule has 0 unspecified atom stereocenters. The number of hydrogen-bond acceptors (Lipinski definition) is 8. The first-order valence-corrected chi connectivity index (χ1v) is 6.66. The average molecular weight is 320 g/mol. The first kappa shape index (κ1) is 20.2. The van der Waals surface area contributed by atoms with Crippen LogP contribution in [0, 0.1) is 0 Å².